The zero-order chi connectivity index (χ0) is 15.6. The Balaban J connectivity index is 2.46. The number of aromatic nitrogens is 2. The highest BCUT2D eigenvalue weighted by molar-refractivity contribution is 9.10. The van der Waals surface area contributed by atoms with Gasteiger partial charge in [-0.1, -0.05) is 22.0 Å². The summed E-state index contributed by atoms with van der Waals surface area (Å²) in [6, 6.07) is 7.97. The minimum Gasteiger partial charge on any atom is -0.343 e. The molecule has 6 heteroatoms. The average molecular weight is 351 g/mol. The van der Waals surface area contributed by atoms with Crippen LogP contribution >= 0.6 is 15.9 Å². The van der Waals surface area contributed by atoms with E-state index in [1.165, 1.54) is 4.90 Å². The number of nitrogens with one attached hydrogen (secondary N) is 1. The molecule has 112 valence electrons. The summed E-state index contributed by atoms with van der Waals surface area (Å²) < 4.78 is 2.71. The van der Waals surface area contributed by atoms with E-state index in [1.807, 2.05) is 25.4 Å². The second-order valence-electron chi connectivity index (χ2n) is 5.06. The number of hydrogen-bond acceptors (Lipinski definition) is 3. The first-order valence-electron chi connectivity index (χ1n) is 6.68. The van der Waals surface area contributed by atoms with Crippen molar-refractivity contribution < 1.29 is 4.79 Å². The lowest BCUT2D eigenvalue weighted by molar-refractivity contribution is 0.0821. The van der Waals surface area contributed by atoms with E-state index in [4.69, 9.17) is 0 Å². The molecule has 0 saturated heterocycles. The Morgan fingerprint density at radius 2 is 2.10 bits per heavy atom. The molecule has 0 radical (unpaired) electrons. The molecule has 0 spiro atoms. The predicted molar refractivity (Wildman–Crippen MR) is 86.8 cm³/mol. The first-order chi connectivity index (χ1) is 9.93. The molecule has 21 heavy (non-hydrogen) atoms. The molecular weight excluding hydrogens is 332 g/mol. The predicted octanol–water partition coefficient (Wildman–Crippen LogP) is 2.62. The van der Waals surface area contributed by atoms with Crippen LogP contribution in [0.3, 0.4) is 0 Å². The topological polar surface area (TPSA) is 50.2 Å². The monoisotopic (exact) mass is 350 g/mol. The molecule has 1 atom stereocenters. The van der Waals surface area contributed by atoms with E-state index in [2.05, 4.69) is 39.3 Å². The van der Waals surface area contributed by atoms with Gasteiger partial charge < -0.3 is 10.2 Å². The number of nitrogens with zero attached hydrogens (tertiary/aromatic N) is 3. The van der Waals surface area contributed by atoms with Gasteiger partial charge in [-0.2, -0.15) is 5.10 Å². The molecule has 1 amide bonds. The van der Waals surface area contributed by atoms with E-state index in [9.17, 15) is 4.79 Å². The Kier molecular flexibility index (Phi) is 4.80. The average Bonchev–Trinajstić information content (AvgIpc) is 2.95. The fraction of sp³-hybridized carbons (Fsp3) is 0.333. The van der Waals surface area contributed by atoms with E-state index in [1.54, 1.807) is 24.8 Å². The van der Waals surface area contributed by atoms with Crippen molar-refractivity contribution in [2.24, 2.45) is 0 Å². The van der Waals surface area contributed by atoms with Crippen LogP contribution in [-0.4, -0.2) is 41.7 Å². The lowest BCUT2D eigenvalue weighted by atomic mass is 10.1. The van der Waals surface area contributed by atoms with Crippen molar-refractivity contribution in [2.75, 3.05) is 21.1 Å². The van der Waals surface area contributed by atoms with E-state index in [0.717, 1.165) is 15.7 Å². The van der Waals surface area contributed by atoms with Crippen molar-refractivity contribution in [1.82, 2.24) is 20.0 Å². The molecule has 1 N–H and O–H groups in total. The number of carbonyl (C=O) groups excluding carboxylic acids is 1. The quantitative estimate of drug-likeness (QED) is 0.921. The fourth-order valence-electron chi connectivity index (χ4n) is 2.04. The van der Waals surface area contributed by atoms with Gasteiger partial charge in [0.25, 0.3) is 5.91 Å². The van der Waals surface area contributed by atoms with Crippen LogP contribution in [0, 0.1) is 0 Å². The zero-order valence-corrected chi connectivity index (χ0v) is 14.2. The molecule has 0 aliphatic heterocycles. The molecule has 1 aromatic heterocycles. The van der Waals surface area contributed by atoms with Gasteiger partial charge in [-0.15, -0.1) is 0 Å². The van der Waals surface area contributed by atoms with E-state index >= 15 is 0 Å². The Morgan fingerprint density at radius 3 is 2.71 bits per heavy atom. The highest BCUT2D eigenvalue weighted by Gasteiger charge is 2.15. The number of halogens is 1. The third kappa shape index (κ3) is 3.33. The number of carbonyl (C=O) groups is 1. The minimum atomic E-state index is -0.105. The number of rotatable bonds is 4. The largest absolute Gasteiger partial charge is 0.343 e. The third-order valence-electron chi connectivity index (χ3n) is 3.35. The Hall–Kier alpha value is -1.66. The molecule has 2 rings (SSSR count). The highest BCUT2D eigenvalue weighted by atomic mass is 79.9. The molecular formula is C15H19BrN4O. The van der Waals surface area contributed by atoms with Crippen LogP contribution < -0.4 is 5.32 Å². The molecule has 0 aliphatic carbocycles. The van der Waals surface area contributed by atoms with Gasteiger partial charge in [-0.05, 0) is 37.7 Å². The van der Waals surface area contributed by atoms with Gasteiger partial charge in [0.05, 0.1) is 5.69 Å². The van der Waals surface area contributed by atoms with Gasteiger partial charge in [0, 0.05) is 30.8 Å². The van der Waals surface area contributed by atoms with Crippen molar-refractivity contribution >= 4 is 21.8 Å². The fourth-order valence-corrected chi connectivity index (χ4v) is 2.39. The van der Waals surface area contributed by atoms with Gasteiger partial charge in [-0.25, -0.2) is 4.68 Å². The van der Waals surface area contributed by atoms with Crippen molar-refractivity contribution in [2.45, 2.75) is 13.0 Å². The maximum atomic E-state index is 12.0. The molecule has 2 aromatic rings. The van der Waals surface area contributed by atoms with Crippen LogP contribution in [0.1, 0.15) is 29.0 Å². The van der Waals surface area contributed by atoms with E-state index in [0.29, 0.717) is 5.69 Å². The maximum absolute atomic E-state index is 12.0. The molecule has 1 aromatic carbocycles. The van der Waals surface area contributed by atoms with Crippen molar-refractivity contribution in [3.63, 3.8) is 0 Å². The third-order valence-corrected chi connectivity index (χ3v) is 3.85. The van der Waals surface area contributed by atoms with Gasteiger partial charge in [0.2, 0.25) is 0 Å². The Morgan fingerprint density at radius 1 is 1.38 bits per heavy atom. The van der Waals surface area contributed by atoms with Crippen LogP contribution in [0.15, 0.2) is 34.9 Å². The lowest BCUT2D eigenvalue weighted by Crippen LogP contribution is -2.22. The second-order valence-corrected chi connectivity index (χ2v) is 5.97. The Labute approximate surface area is 133 Å². The van der Waals surface area contributed by atoms with Crippen LogP contribution in [0.5, 0.6) is 0 Å². The molecule has 0 saturated carbocycles. The van der Waals surface area contributed by atoms with Crippen molar-refractivity contribution in [3.05, 3.63) is 46.2 Å². The van der Waals surface area contributed by atoms with Gasteiger partial charge in [0.1, 0.15) is 0 Å². The standard InChI is InChI=1S/C15H19BrN4O/c1-10(17-2)12-6-5-11(16)9-14(12)20-8-7-13(18-20)15(21)19(3)4/h5-10,17H,1-4H3. The van der Waals surface area contributed by atoms with Gasteiger partial charge in [0.15, 0.2) is 5.69 Å². The smallest absolute Gasteiger partial charge is 0.273 e. The number of amides is 1. The SMILES string of the molecule is CNC(C)c1ccc(Br)cc1-n1ccc(C(=O)N(C)C)n1. The second kappa shape index (κ2) is 6.41. The van der Waals surface area contributed by atoms with Crippen molar-refractivity contribution in [1.29, 1.82) is 0 Å². The molecule has 0 aliphatic rings. The molecule has 0 bridgehead atoms. The van der Waals surface area contributed by atoms with Crippen LogP contribution in [0.2, 0.25) is 0 Å². The summed E-state index contributed by atoms with van der Waals surface area (Å²) in [4.78, 5) is 13.5. The summed E-state index contributed by atoms with van der Waals surface area (Å²) in [6.07, 6.45) is 1.81. The highest BCUT2D eigenvalue weighted by Crippen LogP contribution is 2.25. The maximum Gasteiger partial charge on any atom is 0.273 e. The summed E-state index contributed by atoms with van der Waals surface area (Å²) in [6.45, 7) is 2.09. The van der Waals surface area contributed by atoms with Gasteiger partial charge in [-0.3, -0.25) is 4.79 Å². The summed E-state index contributed by atoms with van der Waals surface area (Å²) in [7, 11) is 5.35. The normalized spacial score (nSPS) is 12.2. The minimum absolute atomic E-state index is 0.105. The Bertz CT molecular complexity index is 651. The molecule has 5 nitrogen and oxygen atoms in total. The van der Waals surface area contributed by atoms with E-state index in [-0.39, 0.29) is 11.9 Å². The summed E-state index contributed by atoms with van der Waals surface area (Å²) in [5, 5.41) is 7.62. The van der Waals surface area contributed by atoms with Crippen molar-refractivity contribution in [3.8, 4) is 5.69 Å². The first-order valence-corrected chi connectivity index (χ1v) is 7.47. The lowest BCUT2D eigenvalue weighted by Gasteiger charge is -2.16. The number of hydrogen-bond donors (Lipinski definition) is 1. The summed E-state index contributed by atoms with van der Waals surface area (Å²) >= 11 is 3.49. The van der Waals surface area contributed by atoms with Crippen LogP contribution in [0.4, 0.5) is 0 Å². The molecule has 1 heterocycles. The number of benzene rings is 1. The molecule has 1 unspecified atom stereocenters. The van der Waals surface area contributed by atoms with Crippen LogP contribution in [0.25, 0.3) is 5.69 Å². The van der Waals surface area contributed by atoms with Gasteiger partial charge >= 0.3 is 0 Å². The van der Waals surface area contributed by atoms with E-state index < -0.39 is 0 Å². The molecule has 0 fully saturated rings. The van der Waals surface area contributed by atoms with Crippen LogP contribution in [-0.2, 0) is 0 Å². The first kappa shape index (κ1) is 15.7. The zero-order valence-electron chi connectivity index (χ0n) is 12.6. The summed E-state index contributed by atoms with van der Waals surface area (Å²) in [5.41, 5.74) is 2.50. The summed E-state index contributed by atoms with van der Waals surface area (Å²) in [5.74, 6) is -0.105.